The molecule has 0 aromatic carbocycles. The number of rotatable bonds is 1. The molecule has 0 aliphatic carbocycles. The van der Waals surface area contributed by atoms with Gasteiger partial charge < -0.3 is 42.8 Å². The number of nitrogens with one attached hydrogen (secondary N) is 1. The Hall–Kier alpha value is -1.54. The smallest absolute Gasteiger partial charge is 0.250 e. The lowest BCUT2D eigenvalue weighted by molar-refractivity contribution is 0.0344. The third-order valence-corrected chi connectivity index (χ3v) is 5.88. The lowest BCUT2D eigenvalue weighted by atomic mass is 10.0. The van der Waals surface area contributed by atoms with E-state index in [1.54, 1.807) is 0 Å². The Balaban J connectivity index is 1.64. The molecule has 3 fully saturated rings. The van der Waals surface area contributed by atoms with Crippen LogP contribution in [0.1, 0.15) is 12.8 Å². The second-order valence-corrected chi connectivity index (χ2v) is 8.62. The van der Waals surface area contributed by atoms with Gasteiger partial charge in [-0.15, -0.1) is 0 Å². The summed E-state index contributed by atoms with van der Waals surface area (Å²) in [6, 6.07) is -0.158. The molecule has 0 spiro atoms. The van der Waals surface area contributed by atoms with Gasteiger partial charge in [-0.05, 0) is 12.8 Å². The van der Waals surface area contributed by atoms with Crippen LogP contribution in [0.4, 0.5) is 0 Å². The molecule has 3 saturated heterocycles. The van der Waals surface area contributed by atoms with Crippen LogP contribution >= 0.6 is 0 Å². The van der Waals surface area contributed by atoms with E-state index in [0.29, 0.717) is 51.3 Å². The van der Waals surface area contributed by atoms with E-state index in [4.69, 9.17) is 43.4 Å². The predicted molar refractivity (Wildman–Crippen MR) is 112 cm³/mol. The zero-order valence-corrected chi connectivity index (χ0v) is 16.9. The number of hydrogen-bond acceptors (Lipinski definition) is 12. The number of guanidine groups is 2. The number of aliphatic imine (C=N–C) groups is 2. The van der Waals surface area contributed by atoms with Gasteiger partial charge in [0.15, 0.2) is 0 Å². The van der Waals surface area contributed by atoms with Crippen LogP contribution in [0.3, 0.4) is 0 Å². The van der Waals surface area contributed by atoms with E-state index in [1.165, 1.54) is 0 Å². The third-order valence-electron chi connectivity index (χ3n) is 5.88. The van der Waals surface area contributed by atoms with E-state index in [0.717, 1.165) is 25.9 Å². The van der Waals surface area contributed by atoms with E-state index in [-0.39, 0.29) is 24.2 Å². The van der Waals surface area contributed by atoms with E-state index in [9.17, 15) is 0 Å². The molecule has 4 rings (SSSR count). The van der Waals surface area contributed by atoms with Crippen LogP contribution in [0.25, 0.3) is 0 Å². The van der Waals surface area contributed by atoms with E-state index >= 15 is 0 Å². The van der Waals surface area contributed by atoms with Crippen molar-refractivity contribution in [1.29, 1.82) is 0 Å². The van der Waals surface area contributed by atoms with Crippen molar-refractivity contribution in [3.8, 4) is 0 Å². The van der Waals surface area contributed by atoms with Crippen LogP contribution in [0.5, 0.6) is 0 Å². The van der Waals surface area contributed by atoms with Gasteiger partial charge in [-0.2, -0.15) is 9.98 Å². The van der Waals surface area contributed by atoms with Crippen LogP contribution < -0.4 is 34.0 Å². The quantitative estimate of drug-likeness (QED) is 0.249. The maximum absolute atomic E-state index is 6.81. The average molecular weight is 410 g/mol. The molecule has 1 unspecified atom stereocenters. The molecule has 4 aliphatic rings. The second kappa shape index (κ2) is 8.30. The molecule has 29 heavy (non-hydrogen) atoms. The number of morpholine rings is 1. The van der Waals surface area contributed by atoms with E-state index in [1.807, 2.05) is 9.80 Å². The van der Waals surface area contributed by atoms with Gasteiger partial charge in [-0.3, -0.25) is 5.73 Å². The highest BCUT2D eigenvalue weighted by molar-refractivity contribution is 5.97. The Morgan fingerprint density at radius 2 is 1.41 bits per heavy atom. The topological polar surface area (TPSA) is 186 Å². The van der Waals surface area contributed by atoms with Crippen molar-refractivity contribution in [2.45, 2.75) is 42.9 Å². The van der Waals surface area contributed by atoms with Crippen LogP contribution in [-0.2, 0) is 4.74 Å². The van der Waals surface area contributed by atoms with Crippen LogP contribution in [0.2, 0.25) is 0 Å². The molecule has 0 aromatic heterocycles. The second-order valence-electron chi connectivity index (χ2n) is 8.62. The summed E-state index contributed by atoms with van der Waals surface area (Å²) in [7, 11) is 0. The first kappa shape index (κ1) is 20.7. The molecule has 0 amide bonds. The van der Waals surface area contributed by atoms with Crippen LogP contribution in [0, 0.1) is 0 Å². The Kier molecular flexibility index (Phi) is 5.93. The largest absolute Gasteiger partial charge is 0.378 e. The molecule has 12 nitrogen and oxygen atoms in total. The van der Waals surface area contributed by atoms with Gasteiger partial charge in [0.2, 0.25) is 17.8 Å². The lowest BCUT2D eigenvalue weighted by Gasteiger charge is -2.48. The van der Waals surface area contributed by atoms with Gasteiger partial charge in [-0.1, -0.05) is 0 Å². The van der Waals surface area contributed by atoms with Gasteiger partial charge >= 0.3 is 0 Å². The Morgan fingerprint density at radius 3 is 2.00 bits per heavy atom. The monoisotopic (exact) mass is 409 g/mol. The van der Waals surface area contributed by atoms with Gasteiger partial charge in [0.25, 0.3) is 0 Å². The molecule has 164 valence electrons. The number of nitrogens with two attached hydrogens (primary N) is 5. The molecule has 5 atom stereocenters. The first-order valence-electron chi connectivity index (χ1n) is 10.4. The molecule has 0 bridgehead atoms. The maximum atomic E-state index is 6.81. The Morgan fingerprint density at radius 1 is 0.862 bits per heavy atom. The summed E-state index contributed by atoms with van der Waals surface area (Å²) in [5.41, 5.74) is 31.7. The number of hydrogen-bond donors (Lipinski definition) is 6. The minimum absolute atomic E-state index is 0.0256. The molecule has 0 aromatic rings. The van der Waals surface area contributed by atoms with Gasteiger partial charge in [-0.25, -0.2) is 4.90 Å². The number of likely N-dealkylation sites (tertiary alicyclic amines) is 2. The fourth-order valence-corrected chi connectivity index (χ4v) is 4.51. The Bertz CT molecular complexity index is 631. The van der Waals surface area contributed by atoms with Crippen LogP contribution in [-0.4, -0.2) is 109 Å². The standard InChI is InChI=1S/C17H35N11O/c18-11-5-12(19)8-27(7-11)16-23-15(26-1-3-29-4-2-26)24-17(22,25-16)28-9-13(20)6-14(21)10-28/h11-14H,1-10,18-22H2,(H,23,24,25)/t11-,12+,13-,14+,17?. The van der Waals surface area contributed by atoms with Gasteiger partial charge in [0.05, 0.1) is 13.2 Å². The number of nitrogens with zero attached hydrogens (tertiary/aromatic N) is 5. The van der Waals surface area contributed by atoms with Crippen molar-refractivity contribution in [3.05, 3.63) is 0 Å². The fraction of sp³-hybridized carbons (Fsp3) is 0.882. The number of piperidine rings is 2. The average Bonchev–Trinajstić information content (AvgIpc) is 2.67. The summed E-state index contributed by atoms with van der Waals surface area (Å²) in [5, 5.41) is 3.34. The lowest BCUT2D eigenvalue weighted by Crippen LogP contribution is -2.74. The minimum Gasteiger partial charge on any atom is -0.378 e. The van der Waals surface area contributed by atoms with Crippen LogP contribution in [0.15, 0.2) is 9.98 Å². The first-order chi connectivity index (χ1) is 13.8. The van der Waals surface area contributed by atoms with Crippen molar-refractivity contribution in [2.24, 2.45) is 38.7 Å². The van der Waals surface area contributed by atoms with Crippen molar-refractivity contribution >= 4 is 11.9 Å². The maximum Gasteiger partial charge on any atom is 0.250 e. The highest BCUT2D eigenvalue weighted by atomic mass is 16.5. The molecule has 12 heteroatoms. The minimum atomic E-state index is -1.19. The zero-order valence-electron chi connectivity index (χ0n) is 16.9. The highest BCUT2D eigenvalue weighted by Crippen LogP contribution is 2.21. The molecule has 0 radical (unpaired) electrons. The summed E-state index contributed by atoms with van der Waals surface area (Å²) in [6.45, 7) is 5.23. The predicted octanol–water partition coefficient (Wildman–Crippen LogP) is -4.08. The number of ether oxygens (including phenoxy) is 1. The highest BCUT2D eigenvalue weighted by Gasteiger charge is 2.42. The SMILES string of the molecule is N[C@@H]1C[C@H](N)CN(C2=NC(N)(N3C[C@H](N)C[C@H](N)C3)NC(N3CCOCC3)=N2)C1. The first-order valence-corrected chi connectivity index (χ1v) is 10.4. The van der Waals surface area contributed by atoms with E-state index < -0.39 is 5.91 Å². The summed E-state index contributed by atoms with van der Waals surface area (Å²) >= 11 is 0. The summed E-state index contributed by atoms with van der Waals surface area (Å²) < 4.78 is 5.49. The molecule has 4 heterocycles. The normalized spacial score (nSPS) is 39.6. The van der Waals surface area contributed by atoms with Crippen molar-refractivity contribution in [3.63, 3.8) is 0 Å². The molecule has 0 saturated carbocycles. The molecular weight excluding hydrogens is 374 g/mol. The fourth-order valence-electron chi connectivity index (χ4n) is 4.51. The van der Waals surface area contributed by atoms with Crippen molar-refractivity contribution in [1.82, 2.24) is 20.0 Å². The van der Waals surface area contributed by atoms with Gasteiger partial charge in [0.1, 0.15) is 0 Å². The third kappa shape index (κ3) is 4.63. The molecule has 4 aliphatic heterocycles. The van der Waals surface area contributed by atoms with Crippen molar-refractivity contribution < 1.29 is 4.74 Å². The summed E-state index contributed by atoms with van der Waals surface area (Å²) in [6.07, 6.45) is 1.55. The Labute approximate surface area is 171 Å². The molecule has 11 N–H and O–H groups in total. The summed E-state index contributed by atoms with van der Waals surface area (Å²) in [4.78, 5) is 15.8. The van der Waals surface area contributed by atoms with Crippen molar-refractivity contribution in [2.75, 3.05) is 52.5 Å². The van der Waals surface area contributed by atoms with E-state index in [2.05, 4.69) is 10.2 Å². The molecular formula is C17H35N11O. The summed E-state index contributed by atoms with van der Waals surface area (Å²) in [5.74, 6) is 0.0405. The van der Waals surface area contributed by atoms with Gasteiger partial charge in [0, 0.05) is 63.4 Å². The zero-order chi connectivity index (χ0) is 20.6.